The summed E-state index contributed by atoms with van der Waals surface area (Å²) in [5.41, 5.74) is 2.50. The van der Waals surface area contributed by atoms with Gasteiger partial charge in [-0.3, -0.25) is 15.2 Å². The molecule has 0 unspecified atom stereocenters. The maximum Gasteiger partial charge on any atom is 0.249 e. The summed E-state index contributed by atoms with van der Waals surface area (Å²) < 4.78 is 18.9. The summed E-state index contributed by atoms with van der Waals surface area (Å²) in [5.74, 6) is 0.480. The lowest BCUT2D eigenvalue weighted by Crippen LogP contribution is -2.13. The van der Waals surface area contributed by atoms with Crippen LogP contribution in [0.3, 0.4) is 0 Å². The molecule has 3 aromatic heterocycles. The van der Waals surface area contributed by atoms with Crippen LogP contribution < -0.4 is 5.32 Å². The number of carbonyl (C=O) groups is 1. The Kier molecular flexibility index (Phi) is 5.31. The number of rotatable bonds is 6. The molecule has 0 aliphatic rings. The van der Waals surface area contributed by atoms with Gasteiger partial charge in [0.25, 0.3) is 0 Å². The minimum atomic E-state index is -0.344. The van der Waals surface area contributed by atoms with E-state index in [4.69, 9.17) is 4.52 Å². The second-order valence-corrected chi connectivity index (χ2v) is 7.42. The topological polar surface area (TPSA) is 122 Å². The summed E-state index contributed by atoms with van der Waals surface area (Å²) in [6, 6.07) is 16.2. The zero-order valence-electron chi connectivity index (χ0n) is 17.5. The predicted molar refractivity (Wildman–Crippen MR) is 118 cm³/mol. The summed E-state index contributed by atoms with van der Waals surface area (Å²) >= 11 is 0. The van der Waals surface area contributed by atoms with Crippen LogP contribution in [0.4, 0.5) is 10.3 Å². The molecule has 2 N–H and O–H groups in total. The van der Waals surface area contributed by atoms with E-state index in [-0.39, 0.29) is 42.2 Å². The molecule has 0 saturated carbocycles. The van der Waals surface area contributed by atoms with Gasteiger partial charge < -0.3 is 4.52 Å². The fourth-order valence-corrected chi connectivity index (χ4v) is 3.24. The number of nitrogens with one attached hydrogen (secondary N) is 2. The molecule has 0 saturated heterocycles. The molecule has 0 aliphatic carbocycles. The first-order valence-corrected chi connectivity index (χ1v) is 10.2. The van der Waals surface area contributed by atoms with Crippen LogP contribution in [0.1, 0.15) is 17.9 Å². The second-order valence-electron chi connectivity index (χ2n) is 7.42. The second kappa shape index (κ2) is 8.58. The Balaban J connectivity index is 1.20. The van der Waals surface area contributed by atoms with Crippen molar-refractivity contribution in [1.29, 1.82) is 0 Å². The number of para-hydroxylation sites is 1. The summed E-state index contributed by atoms with van der Waals surface area (Å²) in [5, 5.41) is 14.3. The number of amides is 1. The third kappa shape index (κ3) is 4.45. The Hall–Kier alpha value is -4.47. The highest BCUT2D eigenvalue weighted by Crippen LogP contribution is 2.20. The number of hydrogen-bond acceptors (Lipinski definition) is 7. The quantitative estimate of drug-likeness (QED) is 0.405. The van der Waals surface area contributed by atoms with E-state index in [0.29, 0.717) is 22.6 Å². The Morgan fingerprint density at radius 3 is 2.85 bits per heavy atom. The Labute approximate surface area is 187 Å². The lowest BCUT2D eigenvalue weighted by Gasteiger charge is -2.00. The molecule has 0 fully saturated rings. The van der Waals surface area contributed by atoms with Gasteiger partial charge in [-0.25, -0.2) is 9.37 Å². The van der Waals surface area contributed by atoms with Crippen LogP contribution in [-0.4, -0.2) is 36.2 Å². The number of anilines is 1. The summed E-state index contributed by atoms with van der Waals surface area (Å²) in [4.78, 5) is 25.4. The van der Waals surface area contributed by atoms with Gasteiger partial charge in [0.2, 0.25) is 23.6 Å². The van der Waals surface area contributed by atoms with E-state index in [1.807, 2.05) is 36.4 Å². The third-order valence-electron chi connectivity index (χ3n) is 5.04. The van der Waals surface area contributed by atoms with Gasteiger partial charge in [0.05, 0.1) is 5.52 Å². The normalized spacial score (nSPS) is 11.1. The van der Waals surface area contributed by atoms with E-state index < -0.39 is 0 Å². The van der Waals surface area contributed by atoms with Crippen molar-refractivity contribution in [3.05, 3.63) is 71.9 Å². The standard InChI is InChI=1S/C23H18FN7O2/c1-13-6-7-15(12-16(13)24)21-27-20(33-31-21)11-10-19(32)26-23-28-22(29-30-23)18-9-8-14-4-2-3-5-17(14)25-18/h2-9,12H,10-11H2,1H3,(H2,26,28,29,30,32). The first-order chi connectivity index (χ1) is 16.0. The number of benzene rings is 2. The molecule has 0 bridgehead atoms. The minimum Gasteiger partial charge on any atom is -0.339 e. The van der Waals surface area contributed by atoms with E-state index in [2.05, 4.69) is 35.6 Å². The predicted octanol–water partition coefficient (Wildman–Crippen LogP) is 4.09. The van der Waals surface area contributed by atoms with Gasteiger partial charge in [0.15, 0.2) is 5.82 Å². The smallest absolute Gasteiger partial charge is 0.249 e. The molecule has 5 rings (SSSR count). The highest BCUT2D eigenvalue weighted by Gasteiger charge is 2.14. The summed E-state index contributed by atoms with van der Waals surface area (Å²) in [6.07, 6.45) is 0.304. The van der Waals surface area contributed by atoms with Crippen molar-refractivity contribution in [3.63, 3.8) is 0 Å². The van der Waals surface area contributed by atoms with Crippen molar-refractivity contribution in [2.75, 3.05) is 5.32 Å². The van der Waals surface area contributed by atoms with E-state index in [1.165, 1.54) is 6.07 Å². The van der Waals surface area contributed by atoms with Crippen LogP contribution in [0.15, 0.2) is 59.1 Å². The van der Waals surface area contributed by atoms with Crippen molar-refractivity contribution in [3.8, 4) is 22.9 Å². The Bertz CT molecular complexity index is 1460. The number of aromatic nitrogens is 6. The fourth-order valence-electron chi connectivity index (χ4n) is 3.24. The molecule has 3 heterocycles. The van der Waals surface area contributed by atoms with Gasteiger partial charge in [-0.1, -0.05) is 41.6 Å². The first kappa shape index (κ1) is 20.4. The molecular formula is C23H18FN7O2. The van der Waals surface area contributed by atoms with Crippen molar-refractivity contribution in [1.82, 2.24) is 30.3 Å². The molecule has 2 aromatic carbocycles. The minimum absolute atomic E-state index is 0.0853. The summed E-state index contributed by atoms with van der Waals surface area (Å²) in [7, 11) is 0. The molecule has 0 atom stereocenters. The van der Waals surface area contributed by atoms with Gasteiger partial charge in [-0.05, 0) is 30.7 Å². The van der Waals surface area contributed by atoms with Gasteiger partial charge in [0.1, 0.15) is 11.5 Å². The lowest BCUT2D eigenvalue weighted by atomic mass is 10.1. The Morgan fingerprint density at radius 1 is 1.09 bits per heavy atom. The SMILES string of the molecule is Cc1ccc(-c2noc(CCC(=O)Nc3n[nH]c(-c4ccc5ccccc5n4)n3)n2)cc1F. The number of fused-ring (bicyclic) bond motifs is 1. The van der Waals surface area contributed by atoms with Gasteiger partial charge in [-0.15, -0.1) is 5.10 Å². The van der Waals surface area contributed by atoms with Crippen LogP contribution in [-0.2, 0) is 11.2 Å². The molecule has 0 radical (unpaired) electrons. The number of nitrogens with zero attached hydrogens (tertiary/aromatic N) is 5. The van der Waals surface area contributed by atoms with Crippen LogP contribution in [0.5, 0.6) is 0 Å². The number of pyridine rings is 1. The van der Waals surface area contributed by atoms with Crippen molar-refractivity contribution in [2.24, 2.45) is 0 Å². The summed E-state index contributed by atoms with van der Waals surface area (Å²) in [6.45, 7) is 1.68. The average Bonchev–Trinajstić information content (AvgIpc) is 3.49. The van der Waals surface area contributed by atoms with Crippen molar-refractivity contribution < 1.29 is 13.7 Å². The molecule has 164 valence electrons. The number of carbonyl (C=O) groups excluding carboxylic acids is 1. The number of H-pyrrole nitrogens is 1. The molecule has 0 spiro atoms. The first-order valence-electron chi connectivity index (χ1n) is 10.2. The van der Waals surface area contributed by atoms with Crippen LogP contribution in [0, 0.1) is 12.7 Å². The number of aryl methyl sites for hydroxylation is 2. The highest BCUT2D eigenvalue weighted by atomic mass is 19.1. The Morgan fingerprint density at radius 2 is 1.97 bits per heavy atom. The monoisotopic (exact) mass is 443 g/mol. The van der Waals surface area contributed by atoms with E-state index in [1.54, 1.807) is 19.1 Å². The van der Waals surface area contributed by atoms with E-state index in [9.17, 15) is 9.18 Å². The molecule has 0 aliphatic heterocycles. The average molecular weight is 443 g/mol. The number of halogens is 1. The van der Waals surface area contributed by atoms with Gasteiger partial charge >= 0.3 is 0 Å². The van der Waals surface area contributed by atoms with E-state index in [0.717, 1.165) is 10.9 Å². The van der Waals surface area contributed by atoms with Crippen LogP contribution >= 0.6 is 0 Å². The maximum atomic E-state index is 13.8. The fraction of sp³-hybridized carbons (Fsp3) is 0.130. The largest absolute Gasteiger partial charge is 0.339 e. The van der Waals surface area contributed by atoms with Crippen molar-refractivity contribution >= 4 is 22.8 Å². The molecule has 10 heteroatoms. The molecule has 1 amide bonds. The van der Waals surface area contributed by atoms with Crippen LogP contribution in [0.2, 0.25) is 0 Å². The van der Waals surface area contributed by atoms with Gasteiger partial charge in [0, 0.05) is 23.8 Å². The van der Waals surface area contributed by atoms with E-state index >= 15 is 0 Å². The lowest BCUT2D eigenvalue weighted by molar-refractivity contribution is -0.116. The number of aromatic amines is 1. The molecular weight excluding hydrogens is 425 g/mol. The molecule has 9 nitrogen and oxygen atoms in total. The van der Waals surface area contributed by atoms with Crippen LogP contribution in [0.25, 0.3) is 33.8 Å². The van der Waals surface area contributed by atoms with Gasteiger partial charge in [-0.2, -0.15) is 9.97 Å². The zero-order valence-corrected chi connectivity index (χ0v) is 17.5. The molecule has 5 aromatic rings. The molecule has 33 heavy (non-hydrogen) atoms. The number of hydrogen-bond donors (Lipinski definition) is 2. The highest BCUT2D eigenvalue weighted by molar-refractivity contribution is 5.89. The zero-order chi connectivity index (χ0) is 22.8. The maximum absolute atomic E-state index is 13.8. The van der Waals surface area contributed by atoms with Crippen molar-refractivity contribution in [2.45, 2.75) is 19.8 Å². The third-order valence-corrected chi connectivity index (χ3v) is 5.04.